The number of hydrogen-bond donors (Lipinski definition) is 2. The van der Waals surface area contributed by atoms with Gasteiger partial charge in [0, 0.05) is 19.6 Å². The third-order valence-electron chi connectivity index (χ3n) is 5.86. The smallest absolute Gasteiger partial charge is 0.265 e. The number of rotatable bonds is 5. The predicted octanol–water partition coefficient (Wildman–Crippen LogP) is 2.43. The standard InChI is InChI=1S/C23H27N3O5S/c1-15-5-7-17(8-6-15)13-24-23(28)18-4-3-11-26(14-18)32(29,30)19-9-10-21-20(12-19)25-22(27)16(2)31-21/h5-10,12,16,18H,3-4,11,13-14H2,1-2H3,(H,24,28)(H,25,27)/t16-,18+/m1/s1. The lowest BCUT2D eigenvalue weighted by atomic mass is 9.98. The number of sulfonamides is 1. The molecule has 0 spiro atoms. The van der Waals surface area contributed by atoms with Crippen LogP contribution in [0.15, 0.2) is 47.4 Å². The lowest BCUT2D eigenvalue weighted by Gasteiger charge is -2.31. The van der Waals surface area contributed by atoms with Gasteiger partial charge >= 0.3 is 0 Å². The first-order valence-corrected chi connectivity index (χ1v) is 12.1. The number of benzene rings is 2. The minimum Gasteiger partial charge on any atom is -0.479 e. The summed E-state index contributed by atoms with van der Waals surface area (Å²) in [5.41, 5.74) is 2.48. The predicted molar refractivity (Wildman–Crippen MR) is 120 cm³/mol. The molecule has 2 aromatic rings. The van der Waals surface area contributed by atoms with E-state index in [9.17, 15) is 18.0 Å². The van der Waals surface area contributed by atoms with Gasteiger partial charge in [0.15, 0.2) is 6.10 Å². The van der Waals surface area contributed by atoms with Crippen LogP contribution in [-0.2, 0) is 26.2 Å². The molecule has 32 heavy (non-hydrogen) atoms. The second-order valence-corrected chi connectivity index (χ2v) is 10.3. The number of aryl methyl sites for hydroxylation is 1. The fraction of sp³-hybridized carbons (Fsp3) is 0.391. The highest BCUT2D eigenvalue weighted by molar-refractivity contribution is 7.89. The van der Waals surface area contributed by atoms with E-state index < -0.39 is 22.0 Å². The molecular weight excluding hydrogens is 430 g/mol. The average molecular weight is 458 g/mol. The fourth-order valence-corrected chi connectivity index (χ4v) is 5.46. The first-order valence-electron chi connectivity index (χ1n) is 10.7. The van der Waals surface area contributed by atoms with Crippen LogP contribution in [0.2, 0.25) is 0 Å². The van der Waals surface area contributed by atoms with E-state index in [4.69, 9.17) is 4.74 Å². The maximum absolute atomic E-state index is 13.2. The number of hydrogen-bond acceptors (Lipinski definition) is 5. The number of piperidine rings is 1. The van der Waals surface area contributed by atoms with Crippen molar-refractivity contribution in [1.82, 2.24) is 9.62 Å². The third kappa shape index (κ3) is 4.63. The van der Waals surface area contributed by atoms with Gasteiger partial charge in [-0.2, -0.15) is 4.31 Å². The molecule has 8 nitrogen and oxygen atoms in total. The topological polar surface area (TPSA) is 105 Å². The molecule has 0 unspecified atom stereocenters. The summed E-state index contributed by atoms with van der Waals surface area (Å²) in [4.78, 5) is 24.7. The van der Waals surface area contributed by atoms with Crippen LogP contribution in [0, 0.1) is 12.8 Å². The van der Waals surface area contributed by atoms with Crippen LogP contribution in [-0.4, -0.2) is 43.7 Å². The van der Waals surface area contributed by atoms with Crippen LogP contribution in [0.1, 0.15) is 30.9 Å². The van der Waals surface area contributed by atoms with Gasteiger partial charge in [0.05, 0.1) is 16.5 Å². The first-order chi connectivity index (χ1) is 15.2. The largest absolute Gasteiger partial charge is 0.479 e. The molecule has 1 fully saturated rings. The van der Waals surface area contributed by atoms with Crippen molar-refractivity contribution in [3.63, 3.8) is 0 Å². The minimum atomic E-state index is -3.82. The molecule has 170 valence electrons. The van der Waals surface area contributed by atoms with Gasteiger partial charge in [0.25, 0.3) is 5.91 Å². The summed E-state index contributed by atoms with van der Waals surface area (Å²) < 4.78 is 33.3. The molecule has 2 aromatic carbocycles. The van der Waals surface area contributed by atoms with E-state index in [1.807, 2.05) is 31.2 Å². The van der Waals surface area contributed by atoms with E-state index in [1.165, 1.54) is 16.4 Å². The van der Waals surface area contributed by atoms with Crippen LogP contribution < -0.4 is 15.4 Å². The zero-order chi connectivity index (χ0) is 22.9. The number of amides is 2. The maximum atomic E-state index is 13.2. The average Bonchev–Trinajstić information content (AvgIpc) is 2.79. The Kier molecular flexibility index (Phi) is 6.21. The molecule has 2 N–H and O–H groups in total. The minimum absolute atomic E-state index is 0.0652. The van der Waals surface area contributed by atoms with Crippen molar-refractivity contribution in [2.45, 2.75) is 44.2 Å². The number of carbonyl (C=O) groups excluding carboxylic acids is 2. The van der Waals surface area contributed by atoms with Gasteiger partial charge in [0.2, 0.25) is 15.9 Å². The van der Waals surface area contributed by atoms with Gasteiger partial charge in [-0.3, -0.25) is 9.59 Å². The van der Waals surface area contributed by atoms with Crippen LogP contribution in [0.5, 0.6) is 5.75 Å². The van der Waals surface area contributed by atoms with Crippen LogP contribution in [0.3, 0.4) is 0 Å². The van der Waals surface area contributed by atoms with Crippen LogP contribution >= 0.6 is 0 Å². The second kappa shape index (κ2) is 8.91. The van der Waals surface area contributed by atoms with E-state index in [2.05, 4.69) is 10.6 Å². The molecule has 9 heteroatoms. The van der Waals surface area contributed by atoms with Crippen molar-refractivity contribution in [2.75, 3.05) is 18.4 Å². The van der Waals surface area contributed by atoms with E-state index in [0.29, 0.717) is 37.4 Å². The molecule has 0 aromatic heterocycles. The summed E-state index contributed by atoms with van der Waals surface area (Å²) >= 11 is 0. The van der Waals surface area contributed by atoms with Gasteiger partial charge in [-0.15, -0.1) is 0 Å². The monoisotopic (exact) mass is 457 g/mol. The zero-order valence-electron chi connectivity index (χ0n) is 18.1. The van der Waals surface area contributed by atoms with E-state index in [0.717, 1.165) is 11.1 Å². The van der Waals surface area contributed by atoms with Crippen molar-refractivity contribution >= 4 is 27.5 Å². The highest BCUT2D eigenvalue weighted by atomic mass is 32.2. The van der Waals surface area contributed by atoms with Crippen molar-refractivity contribution in [1.29, 1.82) is 0 Å². The Hall–Kier alpha value is -2.91. The summed E-state index contributed by atoms with van der Waals surface area (Å²) in [6.07, 6.45) is 0.605. The second-order valence-electron chi connectivity index (χ2n) is 8.31. The lowest BCUT2D eigenvalue weighted by molar-refractivity contribution is -0.126. The Bertz CT molecular complexity index is 1130. The highest BCUT2D eigenvalue weighted by Gasteiger charge is 2.34. The Morgan fingerprint density at radius 3 is 2.72 bits per heavy atom. The number of ether oxygens (including phenoxy) is 1. The normalized spacial score (nSPS) is 21.2. The van der Waals surface area contributed by atoms with Gasteiger partial charge in [-0.25, -0.2) is 8.42 Å². The van der Waals surface area contributed by atoms with Gasteiger partial charge < -0.3 is 15.4 Å². The van der Waals surface area contributed by atoms with E-state index in [1.54, 1.807) is 13.0 Å². The summed E-state index contributed by atoms with van der Waals surface area (Å²) in [6, 6.07) is 12.3. The highest BCUT2D eigenvalue weighted by Crippen LogP contribution is 2.33. The van der Waals surface area contributed by atoms with Crippen molar-refractivity contribution in [3.05, 3.63) is 53.6 Å². The van der Waals surface area contributed by atoms with Crippen molar-refractivity contribution in [3.8, 4) is 5.75 Å². The fourth-order valence-electron chi connectivity index (χ4n) is 3.91. The molecule has 0 saturated carbocycles. The molecule has 0 aliphatic carbocycles. The number of anilines is 1. The number of nitrogens with one attached hydrogen (secondary N) is 2. The van der Waals surface area contributed by atoms with Crippen molar-refractivity contribution in [2.24, 2.45) is 5.92 Å². The first kappa shape index (κ1) is 22.3. The van der Waals surface area contributed by atoms with Gasteiger partial charge in [-0.05, 0) is 50.5 Å². The summed E-state index contributed by atoms with van der Waals surface area (Å²) in [5, 5.41) is 5.60. The maximum Gasteiger partial charge on any atom is 0.265 e. The number of carbonyl (C=O) groups is 2. The molecule has 2 aliphatic heterocycles. The molecule has 0 bridgehead atoms. The van der Waals surface area contributed by atoms with Crippen molar-refractivity contribution < 1.29 is 22.7 Å². The quantitative estimate of drug-likeness (QED) is 0.718. The Morgan fingerprint density at radius 2 is 1.97 bits per heavy atom. The summed E-state index contributed by atoms with van der Waals surface area (Å²) in [6.45, 7) is 4.51. The Balaban J connectivity index is 1.44. The molecule has 2 amide bonds. The molecule has 4 rings (SSSR count). The van der Waals surface area contributed by atoms with E-state index >= 15 is 0 Å². The molecule has 2 atom stereocenters. The molecule has 2 heterocycles. The Morgan fingerprint density at radius 1 is 1.22 bits per heavy atom. The molecule has 1 saturated heterocycles. The lowest BCUT2D eigenvalue weighted by Crippen LogP contribution is -2.45. The van der Waals surface area contributed by atoms with E-state index in [-0.39, 0.29) is 23.3 Å². The van der Waals surface area contributed by atoms with Crippen LogP contribution in [0.4, 0.5) is 5.69 Å². The zero-order valence-corrected chi connectivity index (χ0v) is 18.9. The molecule has 0 radical (unpaired) electrons. The van der Waals surface area contributed by atoms with Gasteiger partial charge in [-0.1, -0.05) is 29.8 Å². The molecular formula is C23H27N3O5S. The van der Waals surface area contributed by atoms with Crippen LogP contribution in [0.25, 0.3) is 0 Å². The Labute approximate surface area is 188 Å². The number of nitrogens with zero attached hydrogens (tertiary/aromatic N) is 1. The number of fused-ring (bicyclic) bond motifs is 1. The SMILES string of the molecule is Cc1ccc(CNC(=O)[C@H]2CCCN(S(=O)(=O)c3ccc4c(c3)NC(=O)[C@@H](C)O4)C2)cc1. The summed E-state index contributed by atoms with van der Waals surface area (Å²) in [5.74, 6) is -0.450. The van der Waals surface area contributed by atoms with Gasteiger partial charge in [0.1, 0.15) is 5.75 Å². The third-order valence-corrected chi connectivity index (χ3v) is 7.72. The summed E-state index contributed by atoms with van der Waals surface area (Å²) in [7, 11) is -3.82. The molecule has 2 aliphatic rings.